The first-order valence-corrected chi connectivity index (χ1v) is 7.50. The normalized spacial score (nSPS) is 14.6. The van der Waals surface area contributed by atoms with Crippen molar-refractivity contribution in [2.24, 2.45) is 0 Å². The maximum atomic E-state index is 14.0. The summed E-state index contributed by atoms with van der Waals surface area (Å²) >= 11 is 0. The number of amides is 1. The number of H-pyrrole nitrogens is 1. The van der Waals surface area contributed by atoms with E-state index in [2.05, 4.69) is 10.2 Å². The Labute approximate surface area is 135 Å². The molecule has 4 nitrogen and oxygen atoms in total. The number of halogens is 4. The average molecular weight is 341 g/mol. The lowest BCUT2D eigenvalue weighted by Crippen LogP contribution is -2.36. The molecule has 0 aliphatic carbocycles. The van der Waals surface area contributed by atoms with E-state index in [1.807, 2.05) is 0 Å². The van der Waals surface area contributed by atoms with Gasteiger partial charge in [0.05, 0.1) is 6.42 Å². The molecule has 0 spiro atoms. The second-order valence-electron chi connectivity index (χ2n) is 5.69. The molecule has 1 aliphatic heterocycles. The third-order valence-electron chi connectivity index (χ3n) is 4.04. The third kappa shape index (κ3) is 3.42. The molecule has 3 rings (SSSR count). The quantitative estimate of drug-likeness (QED) is 0.870. The molecule has 1 aromatic heterocycles. The lowest BCUT2D eigenvalue weighted by atomic mass is 10.0. The van der Waals surface area contributed by atoms with E-state index in [0.717, 1.165) is 5.69 Å². The SMILES string of the molecule is O=C(CCC(F)(F)F)N1CCc2[nH]nc(-c3ccccc3F)c2C1. The number of carbonyl (C=O) groups excluding carboxylic acids is 1. The van der Waals surface area contributed by atoms with Crippen LogP contribution >= 0.6 is 0 Å². The van der Waals surface area contributed by atoms with Crippen molar-refractivity contribution in [3.8, 4) is 11.3 Å². The molecule has 2 aromatic rings. The first-order chi connectivity index (χ1) is 11.3. The number of rotatable bonds is 3. The zero-order valence-electron chi connectivity index (χ0n) is 12.7. The molecular weight excluding hydrogens is 326 g/mol. The Morgan fingerprint density at radius 1 is 1.29 bits per heavy atom. The van der Waals surface area contributed by atoms with Gasteiger partial charge >= 0.3 is 6.18 Å². The molecule has 1 amide bonds. The monoisotopic (exact) mass is 341 g/mol. The van der Waals surface area contributed by atoms with Crippen LogP contribution in [0.2, 0.25) is 0 Å². The van der Waals surface area contributed by atoms with E-state index in [1.54, 1.807) is 18.2 Å². The second-order valence-corrected chi connectivity index (χ2v) is 5.69. The zero-order valence-corrected chi connectivity index (χ0v) is 12.7. The minimum atomic E-state index is -4.36. The van der Waals surface area contributed by atoms with Crippen molar-refractivity contribution >= 4 is 5.91 Å². The molecule has 8 heteroatoms. The smallest absolute Gasteiger partial charge is 0.338 e. The number of nitrogens with zero attached hydrogens (tertiary/aromatic N) is 2. The van der Waals surface area contributed by atoms with E-state index in [1.165, 1.54) is 11.0 Å². The van der Waals surface area contributed by atoms with Gasteiger partial charge in [0.1, 0.15) is 11.5 Å². The number of carbonyl (C=O) groups is 1. The maximum absolute atomic E-state index is 14.0. The highest BCUT2D eigenvalue weighted by Crippen LogP contribution is 2.30. The van der Waals surface area contributed by atoms with E-state index >= 15 is 0 Å². The van der Waals surface area contributed by atoms with Gasteiger partial charge in [-0.25, -0.2) is 4.39 Å². The van der Waals surface area contributed by atoms with Crippen LogP contribution in [-0.4, -0.2) is 33.7 Å². The summed E-state index contributed by atoms with van der Waals surface area (Å²) in [5.41, 5.74) is 2.15. The summed E-state index contributed by atoms with van der Waals surface area (Å²) < 4.78 is 50.8. The van der Waals surface area contributed by atoms with Gasteiger partial charge in [0.2, 0.25) is 5.91 Å². The number of nitrogens with one attached hydrogen (secondary N) is 1. The van der Waals surface area contributed by atoms with Gasteiger partial charge in [0, 0.05) is 42.8 Å². The van der Waals surface area contributed by atoms with Crippen LogP contribution in [-0.2, 0) is 17.8 Å². The number of fused-ring (bicyclic) bond motifs is 1. The zero-order chi connectivity index (χ0) is 17.3. The van der Waals surface area contributed by atoms with Crippen molar-refractivity contribution in [1.82, 2.24) is 15.1 Å². The van der Waals surface area contributed by atoms with Gasteiger partial charge in [-0.2, -0.15) is 18.3 Å². The van der Waals surface area contributed by atoms with Crippen LogP contribution in [0.1, 0.15) is 24.1 Å². The minimum absolute atomic E-state index is 0.131. The van der Waals surface area contributed by atoms with Crippen LogP contribution in [0.25, 0.3) is 11.3 Å². The van der Waals surface area contributed by atoms with E-state index < -0.39 is 30.7 Å². The molecule has 2 heterocycles. The number of aromatic nitrogens is 2. The molecule has 1 aliphatic rings. The molecule has 0 radical (unpaired) electrons. The van der Waals surface area contributed by atoms with Gasteiger partial charge < -0.3 is 4.90 Å². The highest BCUT2D eigenvalue weighted by Gasteiger charge is 2.31. The topological polar surface area (TPSA) is 49.0 Å². The van der Waals surface area contributed by atoms with E-state index in [9.17, 15) is 22.4 Å². The first-order valence-electron chi connectivity index (χ1n) is 7.50. The van der Waals surface area contributed by atoms with Gasteiger partial charge in [0.25, 0.3) is 0 Å². The van der Waals surface area contributed by atoms with Crippen molar-refractivity contribution in [3.05, 3.63) is 41.3 Å². The van der Waals surface area contributed by atoms with Gasteiger partial charge in [-0.05, 0) is 12.1 Å². The van der Waals surface area contributed by atoms with Crippen molar-refractivity contribution < 1.29 is 22.4 Å². The van der Waals surface area contributed by atoms with Gasteiger partial charge in [-0.1, -0.05) is 12.1 Å². The van der Waals surface area contributed by atoms with Crippen LogP contribution in [0, 0.1) is 5.82 Å². The molecule has 0 bridgehead atoms. The van der Waals surface area contributed by atoms with Crippen LogP contribution in [0.4, 0.5) is 17.6 Å². The Morgan fingerprint density at radius 2 is 2.04 bits per heavy atom. The van der Waals surface area contributed by atoms with E-state index in [4.69, 9.17) is 0 Å². The molecule has 0 saturated carbocycles. The summed E-state index contributed by atoms with van der Waals surface area (Å²) in [6, 6.07) is 6.13. The van der Waals surface area contributed by atoms with Gasteiger partial charge in [0.15, 0.2) is 0 Å². The van der Waals surface area contributed by atoms with E-state index in [0.29, 0.717) is 29.8 Å². The van der Waals surface area contributed by atoms with Crippen molar-refractivity contribution in [2.45, 2.75) is 32.0 Å². The summed E-state index contributed by atoms with van der Waals surface area (Å²) in [5.74, 6) is -0.994. The Balaban J connectivity index is 1.79. The van der Waals surface area contributed by atoms with Crippen LogP contribution in [0.5, 0.6) is 0 Å². The first kappa shape index (κ1) is 16.5. The Hall–Kier alpha value is -2.38. The second kappa shape index (κ2) is 6.26. The Kier molecular flexibility index (Phi) is 4.29. The largest absolute Gasteiger partial charge is 0.389 e. The fourth-order valence-corrected chi connectivity index (χ4v) is 2.79. The molecule has 1 aromatic carbocycles. The summed E-state index contributed by atoms with van der Waals surface area (Å²) in [4.78, 5) is 13.4. The predicted octanol–water partition coefficient (Wildman–Crippen LogP) is 3.44. The van der Waals surface area contributed by atoms with Crippen LogP contribution in [0.3, 0.4) is 0 Å². The van der Waals surface area contributed by atoms with E-state index in [-0.39, 0.29) is 6.54 Å². The predicted molar refractivity (Wildman–Crippen MR) is 78.4 cm³/mol. The average Bonchev–Trinajstić information content (AvgIpc) is 2.95. The van der Waals surface area contributed by atoms with Gasteiger partial charge in [-0.15, -0.1) is 0 Å². The summed E-state index contributed by atoms with van der Waals surface area (Å²) in [6.07, 6.45) is -5.62. The molecule has 24 heavy (non-hydrogen) atoms. The van der Waals surface area contributed by atoms with Crippen molar-refractivity contribution in [1.29, 1.82) is 0 Å². The van der Waals surface area contributed by atoms with Crippen LogP contribution < -0.4 is 0 Å². The summed E-state index contributed by atoms with van der Waals surface area (Å²) in [5, 5.41) is 6.96. The van der Waals surface area contributed by atoms with Crippen molar-refractivity contribution in [3.63, 3.8) is 0 Å². The highest BCUT2D eigenvalue weighted by molar-refractivity contribution is 5.77. The third-order valence-corrected chi connectivity index (χ3v) is 4.04. The molecule has 0 atom stereocenters. The number of aromatic amines is 1. The van der Waals surface area contributed by atoms with Gasteiger partial charge in [-0.3, -0.25) is 9.89 Å². The van der Waals surface area contributed by atoms with Crippen molar-refractivity contribution in [2.75, 3.05) is 6.54 Å². The molecule has 0 saturated heterocycles. The molecular formula is C16H15F4N3O. The Morgan fingerprint density at radius 3 is 2.75 bits per heavy atom. The molecule has 0 unspecified atom stereocenters. The standard InChI is InChI=1S/C16H15F4N3O/c17-12-4-2-1-3-10(12)15-11-9-23(8-6-13(11)21-22-15)14(24)5-7-16(18,19)20/h1-4H,5-9H2,(H,21,22). The number of alkyl halides is 3. The highest BCUT2D eigenvalue weighted by atomic mass is 19.4. The fraction of sp³-hybridized carbons (Fsp3) is 0.375. The lowest BCUT2D eigenvalue weighted by Gasteiger charge is -2.27. The number of benzene rings is 1. The molecule has 1 N–H and O–H groups in total. The summed E-state index contributed by atoms with van der Waals surface area (Å²) in [6.45, 7) is 0.453. The fourth-order valence-electron chi connectivity index (χ4n) is 2.79. The number of hydrogen-bond donors (Lipinski definition) is 1. The minimum Gasteiger partial charge on any atom is -0.338 e. The molecule has 128 valence electrons. The molecule has 0 fully saturated rings. The van der Waals surface area contributed by atoms with Crippen LogP contribution in [0.15, 0.2) is 24.3 Å². The summed E-state index contributed by atoms with van der Waals surface area (Å²) in [7, 11) is 0. The Bertz CT molecular complexity index is 754. The number of hydrogen-bond acceptors (Lipinski definition) is 2. The maximum Gasteiger partial charge on any atom is 0.389 e. The lowest BCUT2D eigenvalue weighted by molar-refractivity contribution is -0.149.